The van der Waals surface area contributed by atoms with Gasteiger partial charge in [-0.2, -0.15) is 13.2 Å². The molecule has 0 atom stereocenters. The van der Waals surface area contributed by atoms with Crippen molar-refractivity contribution >= 4 is 5.91 Å². The average Bonchev–Trinajstić information content (AvgIpc) is 2.26. The van der Waals surface area contributed by atoms with Crippen molar-refractivity contribution in [2.45, 2.75) is 12.6 Å². The lowest BCUT2D eigenvalue weighted by Crippen LogP contribution is -2.34. The van der Waals surface area contributed by atoms with Crippen LogP contribution < -0.4 is 10.1 Å². The molecule has 0 heterocycles. The first-order valence-electron chi connectivity index (χ1n) is 4.88. The number of methoxy groups -OCH3 is 1. The van der Waals surface area contributed by atoms with Crippen LogP contribution in [0.3, 0.4) is 0 Å². The van der Waals surface area contributed by atoms with Crippen LogP contribution in [0, 0.1) is 0 Å². The second-order valence-electron chi connectivity index (χ2n) is 3.38. The number of carbonyl (C=O) groups is 1. The van der Waals surface area contributed by atoms with E-state index >= 15 is 0 Å². The largest absolute Gasteiger partial charge is 0.496 e. The highest BCUT2D eigenvalue weighted by Gasteiger charge is 2.27. The third-order valence-corrected chi connectivity index (χ3v) is 2.03. The van der Waals surface area contributed by atoms with E-state index in [0.717, 1.165) is 0 Å². The molecule has 0 aliphatic carbocycles. The third-order valence-electron chi connectivity index (χ3n) is 2.03. The second-order valence-corrected chi connectivity index (χ2v) is 3.38. The fourth-order valence-corrected chi connectivity index (χ4v) is 1.28. The molecular formula is C11H12F3NO2. The lowest BCUT2D eigenvalue weighted by Gasteiger charge is -2.10. The number of hydrogen-bond acceptors (Lipinski definition) is 2. The van der Waals surface area contributed by atoms with Gasteiger partial charge in [0.25, 0.3) is 0 Å². The minimum atomic E-state index is -4.39. The van der Waals surface area contributed by atoms with Crippen molar-refractivity contribution in [2.24, 2.45) is 0 Å². The fraction of sp³-hybridized carbons (Fsp3) is 0.364. The molecule has 0 aromatic heterocycles. The van der Waals surface area contributed by atoms with Crippen molar-refractivity contribution in [1.82, 2.24) is 5.32 Å². The number of para-hydroxylation sites is 1. The smallest absolute Gasteiger partial charge is 0.405 e. The highest BCUT2D eigenvalue weighted by Crippen LogP contribution is 2.18. The van der Waals surface area contributed by atoms with Crippen molar-refractivity contribution in [3.63, 3.8) is 0 Å². The van der Waals surface area contributed by atoms with Crippen LogP contribution in [0.5, 0.6) is 5.75 Å². The molecule has 0 saturated heterocycles. The number of halogens is 3. The van der Waals surface area contributed by atoms with E-state index in [1.807, 2.05) is 0 Å². The summed E-state index contributed by atoms with van der Waals surface area (Å²) in [5, 5.41) is 1.80. The maximum absolute atomic E-state index is 11.9. The van der Waals surface area contributed by atoms with Gasteiger partial charge < -0.3 is 10.1 Å². The Morgan fingerprint density at radius 3 is 2.59 bits per heavy atom. The summed E-state index contributed by atoms with van der Waals surface area (Å²) in [6.45, 7) is -1.32. The number of hydrogen-bond donors (Lipinski definition) is 1. The lowest BCUT2D eigenvalue weighted by molar-refractivity contribution is -0.138. The zero-order valence-electron chi connectivity index (χ0n) is 9.17. The Bertz CT molecular complexity index is 391. The number of benzene rings is 1. The van der Waals surface area contributed by atoms with Gasteiger partial charge in [0.15, 0.2) is 0 Å². The van der Waals surface area contributed by atoms with Gasteiger partial charge in [0.1, 0.15) is 12.3 Å². The first-order chi connectivity index (χ1) is 7.92. The van der Waals surface area contributed by atoms with Crippen LogP contribution >= 0.6 is 0 Å². The van der Waals surface area contributed by atoms with E-state index < -0.39 is 18.6 Å². The summed E-state index contributed by atoms with van der Waals surface area (Å²) in [5.74, 6) is -0.207. The molecule has 0 bridgehead atoms. The summed E-state index contributed by atoms with van der Waals surface area (Å²) in [6.07, 6.45) is -4.53. The molecule has 0 unspecified atom stereocenters. The van der Waals surface area contributed by atoms with Crippen LogP contribution in [0.1, 0.15) is 5.56 Å². The summed E-state index contributed by atoms with van der Waals surface area (Å²) in [4.78, 5) is 11.3. The Kier molecular flexibility index (Phi) is 4.37. The van der Waals surface area contributed by atoms with Crippen molar-refractivity contribution in [2.75, 3.05) is 13.7 Å². The summed E-state index contributed by atoms with van der Waals surface area (Å²) in [7, 11) is 1.44. The molecule has 17 heavy (non-hydrogen) atoms. The normalized spacial score (nSPS) is 11.1. The van der Waals surface area contributed by atoms with E-state index in [1.165, 1.54) is 7.11 Å². The number of rotatable bonds is 4. The molecule has 1 rings (SSSR count). The molecule has 3 nitrogen and oxygen atoms in total. The van der Waals surface area contributed by atoms with Gasteiger partial charge in [-0.1, -0.05) is 18.2 Å². The maximum Gasteiger partial charge on any atom is 0.405 e. The van der Waals surface area contributed by atoms with Gasteiger partial charge >= 0.3 is 6.18 Å². The van der Waals surface area contributed by atoms with Gasteiger partial charge in [-0.15, -0.1) is 0 Å². The first kappa shape index (κ1) is 13.3. The Hall–Kier alpha value is -1.72. The van der Waals surface area contributed by atoms with E-state index in [9.17, 15) is 18.0 Å². The number of ether oxygens (including phenoxy) is 1. The predicted molar refractivity (Wildman–Crippen MR) is 55.8 cm³/mol. The van der Waals surface area contributed by atoms with Gasteiger partial charge in [-0.25, -0.2) is 0 Å². The Labute approximate surface area is 96.6 Å². The molecule has 0 spiro atoms. The minimum Gasteiger partial charge on any atom is -0.496 e. The van der Waals surface area contributed by atoms with Gasteiger partial charge in [0.2, 0.25) is 5.91 Å². The van der Waals surface area contributed by atoms with Gasteiger partial charge in [0, 0.05) is 5.56 Å². The van der Waals surface area contributed by atoms with Crippen LogP contribution in [-0.4, -0.2) is 25.7 Å². The number of alkyl halides is 3. The van der Waals surface area contributed by atoms with Crippen LogP contribution in [0.2, 0.25) is 0 Å². The molecule has 1 aromatic carbocycles. The third kappa shape index (κ3) is 4.76. The lowest BCUT2D eigenvalue weighted by atomic mass is 10.1. The monoisotopic (exact) mass is 247 g/mol. The molecule has 1 N–H and O–H groups in total. The number of amides is 1. The highest BCUT2D eigenvalue weighted by atomic mass is 19.4. The maximum atomic E-state index is 11.9. The number of nitrogens with one attached hydrogen (secondary N) is 1. The molecule has 94 valence electrons. The van der Waals surface area contributed by atoms with Crippen molar-refractivity contribution in [3.05, 3.63) is 29.8 Å². The Morgan fingerprint density at radius 1 is 1.35 bits per heavy atom. The minimum absolute atomic E-state index is 0.139. The Morgan fingerprint density at radius 2 is 2.00 bits per heavy atom. The first-order valence-corrected chi connectivity index (χ1v) is 4.88. The zero-order valence-corrected chi connectivity index (χ0v) is 9.17. The van der Waals surface area contributed by atoms with Crippen molar-refractivity contribution in [3.8, 4) is 5.75 Å². The molecule has 0 aliphatic rings. The molecule has 0 saturated carbocycles. The summed E-state index contributed by atoms with van der Waals surface area (Å²) < 4.78 is 40.6. The van der Waals surface area contributed by atoms with Crippen molar-refractivity contribution in [1.29, 1.82) is 0 Å². The highest BCUT2D eigenvalue weighted by molar-refractivity contribution is 5.79. The van der Waals surface area contributed by atoms with E-state index in [0.29, 0.717) is 11.3 Å². The predicted octanol–water partition coefficient (Wildman–Crippen LogP) is 1.92. The van der Waals surface area contributed by atoms with Crippen LogP contribution in [0.25, 0.3) is 0 Å². The summed E-state index contributed by atoms with van der Waals surface area (Å²) in [6, 6.07) is 6.68. The number of carbonyl (C=O) groups excluding carboxylic acids is 1. The molecule has 1 aromatic rings. The van der Waals surface area contributed by atoms with E-state index in [4.69, 9.17) is 4.74 Å². The topological polar surface area (TPSA) is 38.3 Å². The van der Waals surface area contributed by atoms with E-state index in [1.54, 1.807) is 29.6 Å². The van der Waals surface area contributed by atoms with Crippen LogP contribution in [-0.2, 0) is 11.2 Å². The second kappa shape index (κ2) is 5.56. The van der Waals surface area contributed by atoms with Gasteiger partial charge in [-0.3, -0.25) is 4.79 Å². The van der Waals surface area contributed by atoms with Crippen molar-refractivity contribution < 1.29 is 22.7 Å². The molecule has 0 radical (unpaired) electrons. The molecule has 6 heteroatoms. The van der Waals surface area contributed by atoms with E-state index in [2.05, 4.69) is 0 Å². The van der Waals surface area contributed by atoms with Gasteiger partial charge in [0.05, 0.1) is 13.5 Å². The standard InChI is InChI=1S/C11H12F3NO2/c1-17-9-5-3-2-4-8(9)6-10(16)15-7-11(12,13)14/h2-5H,6-7H2,1H3,(H,15,16). The van der Waals surface area contributed by atoms with E-state index in [-0.39, 0.29) is 6.42 Å². The average molecular weight is 247 g/mol. The zero-order chi connectivity index (χ0) is 12.9. The summed E-state index contributed by atoms with van der Waals surface area (Å²) >= 11 is 0. The van der Waals surface area contributed by atoms with Crippen LogP contribution in [0.4, 0.5) is 13.2 Å². The summed E-state index contributed by atoms with van der Waals surface area (Å²) in [5.41, 5.74) is 0.551. The molecule has 0 aliphatic heterocycles. The van der Waals surface area contributed by atoms with Crippen LogP contribution in [0.15, 0.2) is 24.3 Å². The SMILES string of the molecule is COc1ccccc1CC(=O)NCC(F)(F)F. The molecule has 0 fully saturated rings. The Balaban J connectivity index is 2.56. The fourth-order valence-electron chi connectivity index (χ4n) is 1.28. The quantitative estimate of drug-likeness (QED) is 0.882. The molecule has 1 amide bonds. The van der Waals surface area contributed by atoms with Gasteiger partial charge in [-0.05, 0) is 6.07 Å². The molecular weight excluding hydrogens is 235 g/mol.